The SMILES string of the molecule is CC(C)n1c(=O)n(-c2cccc(OC(F)F)c2)c2ccc(C(=O)C[C@@]3(C)CCS(=O)(=O)C3)cc21. The minimum Gasteiger partial charge on any atom is -0.435 e. The van der Waals surface area contributed by atoms with Gasteiger partial charge < -0.3 is 4.74 Å². The maximum Gasteiger partial charge on any atom is 0.387 e. The van der Waals surface area contributed by atoms with Crippen LogP contribution in [0.5, 0.6) is 5.75 Å². The number of benzene rings is 2. The molecule has 0 N–H and O–H groups in total. The van der Waals surface area contributed by atoms with E-state index in [-0.39, 0.29) is 41.2 Å². The summed E-state index contributed by atoms with van der Waals surface area (Å²) in [4.78, 5) is 26.4. The van der Waals surface area contributed by atoms with E-state index < -0.39 is 21.9 Å². The van der Waals surface area contributed by atoms with Crippen molar-refractivity contribution >= 4 is 26.7 Å². The summed E-state index contributed by atoms with van der Waals surface area (Å²) in [5.74, 6) is -0.196. The van der Waals surface area contributed by atoms with Crippen LogP contribution >= 0.6 is 0 Å². The Morgan fingerprint density at radius 3 is 2.50 bits per heavy atom. The van der Waals surface area contributed by atoms with E-state index in [1.807, 2.05) is 20.8 Å². The third-order valence-electron chi connectivity index (χ3n) is 6.18. The van der Waals surface area contributed by atoms with Crippen molar-refractivity contribution in [1.82, 2.24) is 9.13 Å². The zero-order valence-corrected chi connectivity index (χ0v) is 19.9. The second-order valence-corrected chi connectivity index (χ2v) is 11.6. The molecule has 1 saturated heterocycles. The topological polar surface area (TPSA) is 87.4 Å². The molecule has 0 aliphatic carbocycles. The van der Waals surface area contributed by atoms with Gasteiger partial charge in [0.1, 0.15) is 5.75 Å². The van der Waals surface area contributed by atoms with Gasteiger partial charge in [0.05, 0.1) is 28.2 Å². The molecule has 1 aliphatic heterocycles. The number of halogens is 2. The number of ketones is 1. The summed E-state index contributed by atoms with van der Waals surface area (Å²) >= 11 is 0. The number of carbonyl (C=O) groups is 1. The number of Topliss-reactive ketones (excluding diaryl/α,β-unsaturated/α-hetero) is 1. The first-order chi connectivity index (χ1) is 15.9. The van der Waals surface area contributed by atoms with Crippen LogP contribution in [-0.4, -0.2) is 41.5 Å². The average molecular weight is 493 g/mol. The number of hydrogen-bond donors (Lipinski definition) is 0. The van der Waals surface area contributed by atoms with Crippen LogP contribution in [0.1, 0.15) is 50.0 Å². The van der Waals surface area contributed by atoms with Crippen molar-refractivity contribution in [2.24, 2.45) is 5.41 Å². The number of nitrogens with zero attached hydrogens (tertiary/aromatic N) is 2. The lowest BCUT2D eigenvalue weighted by Gasteiger charge is -2.20. The number of rotatable bonds is 7. The fraction of sp³-hybridized carbons (Fsp3) is 0.417. The van der Waals surface area contributed by atoms with Crippen molar-refractivity contribution in [3.63, 3.8) is 0 Å². The fourth-order valence-electron chi connectivity index (χ4n) is 4.65. The molecule has 10 heteroatoms. The van der Waals surface area contributed by atoms with Crippen LogP contribution in [0.25, 0.3) is 16.7 Å². The molecule has 1 aliphatic rings. The summed E-state index contributed by atoms with van der Waals surface area (Å²) in [5.41, 5.74) is 0.793. The van der Waals surface area contributed by atoms with Crippen LogP contribution in [0.2, 0.25) is 0 Å². The van der Waals surface area contributed by atoms with Crippen molar-refractivity contribution in [2.75, 3.05) is 11.5 Å². The lowest BCUT2D eigenvalue weighted by Crippen LogP contribution is -2.24. The van der Waals surface area contributed by atoms with E-state index >= 15 is 0 Å². The standard InChI is InChI=1S/C24H26F2N2O5S/c1-15(2)27-20-11-16(21(29)13-24(3)9-10-34(31,32)14-24)7-8-19(20)28(23(27)30)17-5-4-6-18(12-17)33-22(25)26/h4-8,11-12,15,22H,9-10,13-14H2,1-3H3/t24-/m1/s1. The second-order valence-electron chi connectivity index (χ2n) is 9.41. The highest BCUT2D eigenvalue weighted by Crippen LogP contribution is 2.36. The van der Waals surface area contributed by atoms with Gasteiger partial charge in [-0.1, -0.05) is 13.0 Å². The van der Waals surface area contributed by atoms with Gasteiger partial charge in [-0.2, -0.15) is 8.78 Å². The lowest BCUT2D eigenvalue weighted by molar-refractivity contribution is -0.0498. The maximum absolute atomic E-state index is 13.3. The van der Waals surface area contributed by atoms with Crippen LogP contribution in [0.3, 0.4) is 0 Å². The highest BCUT2D eigenvalue weighted by molar-refractivity contribution is 7.91. The molecule has 2 heterocycles. The van der Waals surface area contributed by atoms with Crippen LogP contribution in [0.15, 0.2) is 47.3 Å². The number of hydrogen-bond acceptors (Lipinski definition) is 5. The third-order valence-corrected chi connectivity index (χ3v) is 8.15. The van der Waals surface area contributed by atoms with E-state index in [0.29, 0.717) is 28.7 Å². The Hall–Kier alpha value is -3.01. The summed E-state index contributed by atoms with van der Waals surface area (Å²) in [6.07, 6.45) is 0.533. The van der Waals surface area contributed by atoms with E-state index in [2.05, 4.69) is 4.74 Å². The van der Waals surface area contributed by atoms with E-state index in [9.17, 15) is 26.8 Å². The molecule has 7 nitrogen and oxygen atoms in total. The Bertz CT molecular complexity index is 1420. The maximum atomic E-state index is 13.3. The molecule has 0 bridgehead atoms. The van der Waals surface area contributed by atoms with E-state index in [1.165, 1.54) is 27.3 Å². The highest BCUT2D eigenvalue weighted by Gasteiger charge is 2.40. The number of aromatic nitrogens is 2. The summed E-state index contributed by atoms with van der Waals surface area (Å²) in [6, 6.07) is 10.5. The summed E-state index contributed by atoms with van der Waals surface area (Å²) in [7, 11) is -3.14. The predicted octanol–water partition coefficient (Wildman–Crippen LogP) is 4.37. The van der Waals surface area contributed by atoms with Gasteiger partial charge in [-0.25, -0.2) is 13.2 Å². The lowest BCUT2D eigenvalue weighted by atomic mass is 9.83. The normalized spacial score (nSPS) is 19.9. The van der Waals surface area contributed by atoms with Gasteiger partial charge in [0.15, 0.2) is 15.6 Å². The van der Waals surface area contributed by atoms with Gasteiger partial charge in [0.2, 0.25) is 0 Å². The molecule has 1 atom stereocenters. The van der Waals surface area contributed by atoms with Gasteiger partial charge >= 0.3 is 12.3 Å². The summed E-state index contributed by atoms with van der Waals surface area (Å²) in [5, 5.41) is 0. The second kappa shape index (κ2) is 8.65. The van der Waals surface area contributed by atoms with Crippen LogP contribution in [0.4, 0.5) is 8.78 Å². The van der Waals surface area contributed by atoms with E-state index in [0.717, 1.165) is 0 Å². The first-order valence-corrected chi connectivity index (χ1v) is 12.8. The summed E-state index contributed by atoms with van der Waals surface area (Å²) in [6.45, 7) is 2.48. The van der Waals surface area contributed by atoms with E-state index in [4.69, 9.17) is 0 Å². The Morgan fingerprint density at radius 2 is 1.88 bits per heavy atom. The third kappa shape index (κ3) is 4.64. The summed E-state index contributed by atoms with van der Waals surface area (Å²) < 4.78 is 56.6. The van der Waals surface area contributed by atoms with Gasteiger partial charge in [0, 0.05) is 24.1 Å². The molecule has 0 unspecified atom stereocenters. The number of imidazole rings is 1. The van der Waals surface area contributed by atoms with Gasteiger partial charge in [0.25, 0.3) is 0 Å². The smallest absolute Gasteiger partial charge is 0.387 e. The van der Waals surface area contributed by atoms with Crippen molar-refractivity contribution < 1.29 is 26.7 Å². The minimum absolute atomic E-state index is 0.0158. The first-order valence-electron chi connectivity index (χ1n) is 10.9. The van der Waals surface area contributed by atoms with Crippen LogP contribution in [-0.2, 0) is 9.84 Å². The van der Waals surface area contributed by atoms with Gasteiger partial charge in [-0.3, -0.25) is 13.9 Å². The molecule has 0 radical (unpaired) electrons. The Kier molecular flexibility index (Phi) is 6.14. The zero-order chi connectivity index (χ0) is 24.8. The Balaban J connectivity index is 1.77. The molecule has 1 fully saturated rings. The van der Waals surface area contributed by atoms with E-state index in [1.54, 1.807) is 24.3 Å². The molecule has 2 aromatic carbocycles. The molecule has 1 aromatic heterocycles. The van der Waals surface area contributed by atoms with Crippen molar-refractivity contribution in [2.45, 2.75) is 46.3 Å². The van der Waals surface area contributed by atoms with Gasteiger partial charge in [-0.15, -0.1) is 0 Å². The monoisotopic (exact) mass is 492 g/mol. The number of carbonyl (C=O) groups excluding carboxylic acids is 1. The largest absolute Gasteiger partial charge is 0.435 e. The molecule has 4 rings (SSSR count). The minimum atomic E-state index is -3.14. The number of fused-ring (bicyclic) bond motifs is 1. The first kappa shape index (κ1) is 24.1. The molecule has 0 spiro atoms. The van der Waals surface area contributed by atoms with Crippen LogP contribution < -0.4 is 10.4 Å². The van der Waals surface area contributed by atoms with Crippen molar-refractivity contribution in [3.8, 4) is 11.4 Å². The molecule has 3 aromatic rings. The molecular formula is C24H26F2N2O5S. The predicted molar refractivity (Wildman–Crippen MR) is 125 cm³/mol. The Morgan fingerprint density at radius 1 is 1.15 bits per heavy atom. The fourth-order valence-corrected chi connectivity index (χ4v) is 6.90. The zero-order valence-electron chi connectivity index (χ0n) is 19.1. The number of alkyl halides is 2. The number of ether oxygens (including phenoxy) is 1. The van der Waals surface area contributed by atoms with Crippen LogP contribution in [0, 0.1) is 5.41 Å². The molecule has 0 saturated carbocycles. The average Bonchev–Trinajstić information content (AvgIpc) is 3.18. The molecule has 0 amide bonds. The molecule has 34 heavy (non-hydrogen) atoms. The molecular weight excluding hydrogens is 466 g/mol. The van der Waals surface area contributed by atoms with Gasteiger partial charge in [-0.05, 0) is 56.0 Å². The quantitative estimate of drug-likeness (QED) is 0.457. The van der Waals surface area contributed by atoms with Crippen molar-refractivity contribution in [3.05, 3.63) is 58.5 Å². The Labute approximate surface area is 195 Å². The highest BCUT2D eigenvalue weighted by atomic mass is 32.2. The number of sulfone groups is 1. The molecule has 182 valence electrons. The van der Waals surface area contributed by atoms with Crippen molar-refractivity contribution in [1.29, 1.82) is 0 Å².